The molecule has 0 aromatic heterocycles. The Balaban J connectivity index is 1.42. The van der Waals surface area contributed by atoms with Crippen molar-refractivity contribution in [3.63, 3.8) is 0 Å². The van der Waals surface area contributed by atoms with Gasteiger partial charge < -0.3 is 62.3 Å². The summed E-state index contributed by atoms with van der Waals surface area (Å²) in [5.74, 6) is -0.0765. The molecule has 6 saturated heterocycles. The van der Waals surface area contributed by atoms with Gasteiger partial charge in [-0.15, -0.1) is 0 Å². The first-order valence-electron chi connectivity index (χ1n) is 15.5. The van der Waals surface area contributed by atoms with Gasteiger partial charge in [-0.25, -0.2) is 0 Å². The second-order valence-electron chi connectivity index (χ2n) is 12.9. The summed E-state index contributed by atoms with van der Waals surface area (Å²) in [6, 6.07) is 14.7. The minimum Gasteiger partial charge on any atom is -0.427 e. The van der Waals surface area contributed by atoms with Crippen molar-refractivity contribution in [2.45, 2.75) is 66.2 Å². The van der Waals surface area contributed by atoms with Gasteiger partial charge in [-0.3, -0.25) is 4.79 Å². The Bertz CT molecular complexity index is 1520. The fraction of sp³-hybridized carbons (Fsp3) is 0.435. The van der Waals surface area contributed by atoms with E-state index in [2.05, 4.69) is 0 Å². The molecule has 2 aromatic carbocycles. The third-order valence-corrected chi connectivity index (χ3v) is 47.6. The van der Waals surface area contributed by atoms with E-state index in [-0.39, 0.29) is 0 Å². The molecule has 26 heteroatoms. The van der Waals surface area contributed by atoms with E-state index in [1.165, 1.54) is 6.92 Å². The molecule has 6 aliphatic heterocycles. The number of benzene rings is 2. The number of esters is 1. The number of fused-ring (bicyclic) bond motifs is 4. The summed E-state index contributed by atoms with van der Waals surface area (Å²) in [6.07, 6.45) is 0. The van der Waals surface area contributed by atoms with Crippen LogP contribution >= 0.6 is 0 Å². The Morgan fingerprint density at radius 1 is 0.469 bits per heavy atom. The van der Waals surface area contributed by atoms with Gasteiger partial charge in [0.05, 0.1) is 0 Å². The first-order chi connectivity index (χ1) is 22.6. The summed E-state index contributed by atoms with van der Waals surface area (Å²) >= 11 is 0. The van der Waals surface area contributed by atoms with E-state index in [1.54, 1.807) is 76.6 Å². The Hall–Kier alpha value is -0.481. The lowest BCUT2D eigenvalue weighted by molar-refractivity contribution is -0.131. The summed E-state index contributed by atoms with van der Waals surface area (Å²) in [5, 5.41) is 1.44. The highest BCUT2D eigenvalue weighted by molar-refractivity contribution is 7.00. The number of ether oxygens (including phenoxy) is 1. The maximum Gasteiger partial charge on any atom is 0.475 e. The summed E-state index contributed by atoms with van der Waals surface area (Å²) in [7, 11) is -36.1. The topological polar surface area (TPSA) is 156 Å². The summed E-state index contributed by atoms with van der Waals surface area (Å²) in [5.41, 5.74) is 1.07. The van der Waals surface area contributed by atoms with Crippen LogP contribution < -0.4 is 15.1 Å². The van der Waals surface area contributed by atoms with E-state index in [1.807, 2.05) is 31.2 Å². The van der Waals surface area contributed by atoms with Crippen LogP contribution in [0.5, 0.6) is 5.75 Å². The molecule has 4 unspecified atom stereocenters. The Kier molecular flexibility index (Phi) is 9.24. The molecule has 0 spiro atoms. The number of aryl methyl sites for hydroxylation is 1. The van der Waals surface area contributed by atoms with Gasteiger partial charge in [-0.1, -0.05) is 42.0 Å². The first kappa shape index (κ1) is 36.9. The van der Waals surface area contributed by atoms with Crippen LogP contribution in [0.25, 0.3) is 0 Å². The standard InChI is InChI=1S/C23H38O16Si10/c1-19-11-15-22(16-12-19)40-26-42(3)30-46(7)34-44(5)28-41(23-17-13-21(14-18-23)25-20(2)24)29-45(6)36-48(9,38-46)32-43(4,27-40)33-49(10,37-45)39-47(8,31-42)35-44/h11-18H,1-10H3. The maximum absolute atomic E-state index is 11.6. The highest BCUT2D eigenvalue weighted by Gasteiger charge is 2.74. The monoisotopic (exact) mass is 850 g/mol. The summed E-state index contributed by atoms with van der Waals surface area (Å²) < 4.78 is 101. The quantitative estimate of drug-likeness (QED) is 0.251. The third kappa shape index (κ3) is 7.92. The summed E-state index contributed by atoms with van der Waals surface area (Å²) in [6.45, 7) is 17.2. The smallest absolute Gasteiger partial charge is 0.427 e. The molecule has 16 nitrogen and oxygen atoms in total. The number of hydrogen-bond donors (Lipinski definition) is 0. The fourth-order valence-corrected chi connectivity index (χ4v) is 55.5. The molecule has 8 bridgehead atoms. The van der Waals surface area contributed by atoms with Crippen molar-refractivity contribution in [2.24, 2.45) is 0 Å². The summed E-state index contributed by atoms with van der Waals surface area (Å²) in [4.78, 5) is 11.6. The van der Waals surface area contributed by atoms with Crippen LogP contribution in [0.4, 0.5) is 0 Å². The van der Waals surface area contributed by atoms with Crippen LogP contribution in [-0.2, 0) is 62.4 Å². The molecule has 4 atom stereocenters. The molecule has 6 aliphatic rings. The van der Waals surface area contributed by atoms with E-state index in [0.717, 1.165) is 10.8 Å². The molecular formula is C23H38O16Si10. The molecule has 49 heavy (non-hydrogen) atoms. The van der Waals surface area contributed by atoms with Crippen molar-refractivity contribution in [1.29, 1.82) is 0 Å². The largest absolute Gasteiger partial charge is 0.475 e. The molecule has 2 aromatic rings. The van der Waals surface area contributed by atoms with Crippen LogP contribution in [0.15, 0.2) is 48.5 Å². The van der Waals surface area contributed by atoms with Gasteiger partial charge in [-0.05, 0) is 29.4 Å². The van der Waals surface area contributed by atoms with E-state index in [4.69, 9.17) is 62.3 Å². The van der Waals surface area contributed by atoms with Crippen LogP contribution in [0, 0.1) is 6.92 Å². The fourth-order valence-electron chi connectivity index (χ4n) is 6.33. The highest BCUT2D eigenvalue weighted by Crippen LogP contribution is 2.44. The van der Waals surface area contributed by atoms with Gasteiger partial charge >= 0.3 is 95.0 Å². The number of carbonyl (C=O) groups is 1. The third-order valence-electron chi connectivity index (χ3n) is 7.46. The molecular weight excluding hydrogens is 813 g/mol. The molecule has 0 aliphatic carbocycles. The predicted molar refractivity (Wildman–Crippen MR) is 188 cm³/mol. The number of hydrogen-bond acceptors (Lipinski definition) is 16. The SMILES string of the molecule is CC(=O)Oc1ccc([Si]2O[Si]3(C)O[Si]4(C)O[Si]5(C)O[Si](c6ccc(C)cc6)O[Si]6(C)O[Si](C)(O[Si](C)(O2)O[Si](C)(O6)O[Si](C)(O5)O3)O4)cc1. The Morgan fingerprint density at radius 2 is 0.735 bits per heavy atom. The molecule has 8 rings (SSSR count). The molecule has 2 radical (unpaired) electrons. The van der Waals surface area contributed by atoms with E-state index < -0.39 is 95.0 Å². The number of carbonyl (C=O) groups excluding carboxylic acids is 1. The lowest BCUT2D eigenvalue weighted by Crippen LogP contribution is -2.82. The zero-order valence-corrected chi connectivity index (χ0v) is 38.7. The molecule has 0 N–H and O–H groups in total. The minimum absolute atomic E-state index is 0.364. The zero-order chi connectivity index (χ0) is 35.3. The van der Waals surface area contributed by atoms with Gasteiger partial charge in [0, 0.05) is 59.3 Å². The van der Waals surface area contributed by atoms with Gasteiger partial charge in [0.15, 0.2) is 0 Å². The van der Waals surface area contributed by atoms with Crippen molar-refractivity contribution in [1.82, 2.24) is 0 Å². The average molecular weight is 851 g/mol. The predicted octanol–water partition coefficient (Wildman–Crippen LogP) is 1.86. The van der Waals surface area contributed by atoms with Gasteiger partial charge in [-0.2, -0.15) is 0 Å². The van der Waals surface area contributed by atoms with Crippen molar-refractivity contribution < 1.29 is 67.1 Å². The molecule has 0 saturated carbocycles. The van der Waals surface area contributed by atoms with Crippen molar-refractivity contribution in [2.75, 3.05) is 0 Å². The van der Waals surface area contributed by atoms with Crippen LogP contribution in [0.2, 0.25) is 52.4 Å². The van der Waals surface area contributed by atoms with E-state index in [0.29, 0.717) is 10.9 Å². The lowest BCUT2D eigenvalue weighted by atomic mass is 10.2. The Morgan fingerprint density at radius 3 is 1.02 bits per heavy atom. The average Bonchev–Trinajstić information content (AvgIpc) is 2.87. The van der Waals surface area contributed by atoms with Crippen LogP contribution in [0.3, 0.4) is 0 Å². The maximum atomic E-state index is 11.6. The first-order valence-corrected chi connectivity index (χ1v) is 35.9. The van der Waals surface area contributed by atoms with E-state index >= 15 is 0 Å². The van der Waals surface area contributed by atoms with Crippen LogP contribution in [0.1, 0.15) is 12.5 Å². The molecule has 266 valence electrons. The molecule has 6 heterocycles. The van der Waals surface area contributed by atoms with Gasteiger partial charge in [0.1, 0.15) is 5.75 Å². The lowest BCUT2D eigenvalue weighted by Gasteiger charge is -2.56. The van der Waals surface area contributed by atoms with Crippen molar-refractivity contribution in [3.05, 3.63) is 54.1 Å². The second kappa shape index (κ2) is 12.3. The van der Waals surface area contributed by atoms with Crippen LogP contribution in [-0.4, -0.2) is 95.0 Å². The highest BCUT2D eigenvalue weighted by atomic mass is 28.6. The molecule has 6 fully saturated rings. The molecule has 0 amide bonds. The van der Waals surface area contributed by atoms with Crippen molar-refractivity contribution in [3.8, 4) is 5.75 Å². The number of rotatable bonds is 3. The zero-order valence-electron chi connectivity index (χ0n) is 28.7. The van der Waals surface area contributed by atoms with E-state index in [9.17, 15) is 4.79 Å². The van der Waals surface area contributed by atoms with Gasteiger partial charge in [0.25, 0.3) is 0 Å². The van der Waals surface area contributed by atoms with Crippen molar-refractivity contribution >= 4 is 105 Å². The normalized spacial score (nSPS) is 44.4. The second-order valence-corrected chi connectivity index (χ2v) is 40.4. The minimum atomic E-state index is -3.94. The van der Waals surface area contributed by atoms with Gasteiger partial charge in [0.2, 0.25) is 0 Å². The Labute approximate surface area is 297 Å².